The fourth-order valence-electron chi connectivity index (χ4n) is 4.12. The van der Waals surface area contributed by atoms with Crippen LogP contribution in [0.2, 0.25) is 0 Å². The van der Waals surface area contributed by atoms with Crippen molar-refractivity contribution >= 4 is 39.2 Å². The van der Waals surface area contributed by atoms with Crippen LogP contribution in [0.4, 0.5) is 0 Å². The largest absolute Gasteiger partial charge is 0.352 e. The molecule has 0 spiro atoms. The Morgan fingerprint density at radius 1 is 1.31 bits per heavy atom. The molecule has 3 aliphatic carbocycles. The number of fused-ring (bicyclic) bond motifs is 3. The molecule has 0 radical (unpaired) electrons. The minimum Gasteiger partial charge on any atom is -0.352 e. The van der Waals surface area contributed by atoms with Crippen LogP contribution in [0.15, 0.2) is 9.95 Å². The summed E-state index contributed by atoms with van der Waals surface area (Å²) in [4.78, 5) is 32.1. The Balaban J connectivity index is 1.32. The summed E-state index contributed by atoms with van der Waals surface area (Å²) >= 11 is 3.03. The molecule has 3 aliphatic rings. The van der Waals surface area contributed by atoms with Gasteiger partial charge in [0.15, 0.2) is 5.16 Å². The molecule has 0 atom stereocenters. The number of aryl methyl sites for hydroxylation is 2. The van der Waals surface area contributed by atoms with Gasteiger partial charge in [0.25, 0.3) is 5.56 Å². The van der Waals surface area contributed by atoms with Crippen LogP contribution in [0.3, 0.4) is 0 Å². The molecule has 0 aromatic carbocycles. The molecule has 1 amide bonds. The van der Waals surface area contributed by atoms with Gasteiger partial charge >= 0.3 is 0 Å². The molecule has 2 saturated carbocycles. The number of rotatable bonds is 6. The maximum absolute atomic E-state index is 12.8. The van der Waals surface area contributed by atoms with Crippen LogP contribution in [-0.2, 0) is 24.7 Å². The first kappa shape index (κ1) is 16.8. The third-order valence-corrected chi connectivity index (χ3v) is 8.04. The summed E-state index contributed by atoms with van der Waals surface area (Å²) in [5, 5.41) is 4.69. The lowest BCUT2D eigenvalue weighted by atomic mass is 10.1. The second kappa shape index (κ2) is 6.37. The SMILES string of the molecule is Cn1c(SCC(=O)NC(C2CC2)C2CC2)nc2sc3c(c2c1=O)CCC3. The highest BCUT2D eigenvalue weighted by molar-refractivity contribution is 7.99. The molecule has 0 saturated heterocycles. The number of carbonyl (C=O) groups excluding carboxylic acids is 1. The second-order valence-corrected chi connectivity index (χ2v) is 9.88. The highest BCUT2D eigenvalue weighted by Crippen LogP contribution is 2.44. The van der Waals surface area contributed by atoms with Crippen LogP contribution in [0.1, 0.15) is 42.5 Å². The average Bonchev–Trinajstić information content (AvgIpc) is 3.53. The normalized spacial score (nSPS) is 19.3. The van der Waals surface area contributed by atoms with Crippen molar-refractivity contribution in [3.8, 4) is 0 Å². The monoisotopic (exact) mass is 389 g/mol. The standard InChI is InChI=1S/C19H23N3O2S2/c1-22-18(24)15-12-3-2-4-13(12)26-17(15)21-19(22)25-9-14(23)20-16(10-5-6-10)11-7-8-11/h10-11,16H,2-9H2,1H3,(H,20,23). The average molecular weight is 390 g/mol. The first-order valence-corrected chi connectivity index (χ1v) is 11.4. The molecule has 1 N–H and O–H groups in total. The number of nitrogens with zero attached hydrogens (tertiary/aromatic N) is 2. The maximum atomic E-state index is 12.8. The quantitative estimate of drug-likeness (QED) is 0.609. The van der Waals surface area contributed by atoms with Crippen molar-refractivity contribution in [1.82, 2.24) is 14.9 Å². The first-order valence-electron chi connectivity index (χ1n) is 9.55. The van der Waals surface area contributed by atoms with Crippen molar-refractivity contribution in [3.05, 3.63) is 20.8 Å². The maximum Gasteiger partial charge on any atom is 0.262 e. The van der Waals surface area contributed by atoms with Gasteiger partial charge in [-0.15, -0.1) is 11.3 Å². The zero-order valence-corrected chi connectivity index (χ0v) is 16.5. The summed E-state index contributed by atoms with van der Waals surface area (Å²) in [6.07, 6.45) is 8.21. The molecular formula is C19H23N3O2S2. The molecule has 7 heteroatoms. The number of nitrogens with one attached hydrogen (secondary N) is 1. The van der Waals surface area contributed by atoms with E-state index in [1.165, 1.54) is 47.9 Å². The Hall–Kier alpha value is -1.34. The van der Waals surface area contributed by atoms with Crippen LogP contribution in [0.25, 0.3) is 10.2 Å². The van der Waals surface area contributed by atoms with E-state index in [0.29, 0.717) is 28.8 Å². The number of thiophene rings is 1. The lowest BCUT2D eigenvalue weighted by Crippen LogP contribution is -2.39. The number of aromatic nitrogens is 2. The summed E-state index contributed by atoms with van der Waals surface area (Å²) < 4.78 is 1.62. The van der Waals surface area contributed by atoms with E-state index in [4.69, 9.17) is 4.98 Å². The second-order valence-electron chi connectivity index (χ2n) is 7.85. The van der Waals surface area contributed by atoms with Gasteiger partial charge in [-0.3, -0.25) is 14.2 Å². The summed E-state index contributed by atoms with van der Waals surface area (Å²) in [6, 6.07) is 0.377. The molecule has 0 aliphatic heterocycles. The van der Waals surface area contributed by atoms with E-state index in [9.17, 15) is 9.59 Å². The van der Waals surface area contributed by atoms with Gasteiger partial charge in [-0.25, -0.2) is 4.98 Å². The van der Waals surface area contributed by atoms with Crippen LogP contribution < -0.4 is 10.9 Å². The third-order valence-electron chi connectivity index (χ3n) is 5.83. The number of carbonyl (C=O) groups is 1. The van der Waals surface area contributed by atoms with Gasteiger partial charge in [0.1, 0.15) is 4.83 Å². The molecule has 5 nitrogen and oxygen atoms in total. The molecule has 138 valence electrons. The fraction of sp³-hybridized carbons (Fsp3) is 0.632. The fourth-order valence-corrected chi connectivity index (χ4v) is 6.21. The summed E-state index contributed by atoms with van der Waals surface area (Å²) in [5.74, 6) is 1.79. The van der Waals surface area contributed by atoms with E-state index in [-0.39, 0.29) is 11.5 Å². The van der Waals surface area contributed by atoms with E-state index in [2.05, 4.69) is 5.32 Å². The van der Waals surface area contributed by atoms with E-state index >= 15 is 0 Å². The van der Waals surface area contributed by atoms with Crippen LogP contribution in [-0.4, -0.2) is 27.3 Å². The Morgan fingerprint density at radius 2 is 2.04 bits per heavy atom. The van der Waals surface area contributed by atoms with Crippen molar-refractivity contribution in [2.24, 2.45) is 18.9 Å². The zero-order chi connectivity index (χ0) is 17.8. The summed E-state index contributed by atoms with van der Waals surface area (Å²) in [5.41, 5.74) is 1.25. The van der Waals surface area contributed by atoms with Crippen molar-refractivity contribution in [3.63, 3.8) is 0 Å². The third kappa shape index (κ3) is 2.99. The Kier molecular flexibility index (Phi) is 4.12. The lowest BCUT2D eigenvalue weighted by molar-refractivity contribution is -0.119. The minimum absolute atomic E-state index is 0.0335. The molecule has 2 aromatic rings. The van der Waals surface area contributed by atoms with E-state index in [0.717, 1.165) is 29.5 Å². The smallest absolute Gasteiger partial charge is 0.262 e. The topological polar surface area (TPSA) is 64.0 Å². The van der Waals surface area contributed by atoms with E-state index in [1.54, 1.807) is 23.0 Å². The number of hydrogen-bond acceptors (Lipinski definition) is 5. The van der Waals surface area contributed by atoms with Crippen molar-refractivity contribution in [2.75, 3.05) is 5.75 Å². The number of hydrogen-bond donors (Lipinski definition) is 1. The molecule has 2 aromatic heterocycles. The summed E-state index contributed by atoms with van der Waals surface area (Å²) in [6.45, 7) is 0. The Bertz CT molecular complexity index is 928. The van der Waals surface area contributed by atoms with Crippen molar-refractivity contribution in [2.45, 2.75) is 56.1 Å². The summed E-state index contributed by atoms with van der Waals surface area (Å²) in [7, 11) is 1.77. The number of amides is 1. The Labute approximate surface area is 160 Å². The highest BCUT2D eigenvalue weighted by atomic mass is 32.2. The number of thioether (sulfide) groups is 1. The molecule has 26 heavy (non-hydrogen) atoms. The van der Waals surface area contributed by atoms with Gasteiger partial charge in [-0.2, -0.15) is 0 Å². The van der Waals surface area contributed by atoms with Gasteiger partial charge in [-0.1, -0.05) is 11.8 Å². The molecule has 0 bridgehead atoms. The minimum atomic E-state index is 0.0335. The van der Waals surface area contributed by atoms with E-state index in [1.807, 2.05) is 0 Å². The predicted octanol–water partition coefficient (Wildman–Crippen LogP) is 2.88. The van der Waals surface area contributed by atoms with Crippen LogP contribution in [0.5, 0.6) is 0 Å². The van der Waals surface area contributed by atoms with Crippen LogP contribution >= 0.6 is 23.1 Å². The van der Waals surface area contributed by atoms with Gasteiger partial charge in [0, 0.05) is 18.0 Å². The van der Waals surface area contributed by atoms with Gasteiger partial charge in [0.2, 0.25) is 5.91 Å². The molecular weight excluding hydrogens is 366 g/mol. The highest BCUT2D eigenvalue weighted by Gasteiger charge is 2.42. The van der Waals surface area contributed by atoms with Gasteiger partial charge in [-0.05, 0) is 62.3 Å². The van der Waals surface area contributed by atoms with Gasteiger partial charge < -0.3 is 5.32 Å². The molecule has 0 unspecified atom stereocenters. The lowest BCUT2D eigenvalue weighted by Gasteiger charge is -2.17. The predicted molar refractivity (Wildman–Crippen MR) is 105 cm³/mol. The van der Waals surface area contributed by atoms with Crippen LogP contribution in [0, 0.1) is 11.8 Å². The van der Waals surface area contributed by atoms with E-state index < -0.39 is 0 Å². The Morgan fingerprint density at radius 3 is 2.73 bits per heavy atom. The van der Waals surface area contributed by atoms with Gasteiger partial charge in [0.05, 0.1) is 11.1 Å². The zero-order valence-electron chi connectivity index (χ0n) is 14.9. The van der Waals surface area contributed by atoms with Crippen molar-refractivity contribution in [1.29, 1.82) is 0 Å². The molecule has 2 fully saturated rings. The molecule has 5 rings (SSSR count). The van der Waals surface area contributed by atoms with Crippen molar-refractivity contribution < 1.29 is 4.79 Å². The molecule has 2 heterocycles. The first-order chi connectivity index (χ1) is 12.6.